The Labute approximate surface area is 126 Å². The molecule has 1 N–H and O–H groups in total. The Morgan fingerprint density at radius 1 is 1.25 bits per heavy atom. The number of hydrogen-bond donors (Lipinski definition) is 1. The zero-order valence-corrected chi connectivity index (χ0v) is 13.7. The van der Waals surface area contributed by atoms with Gasteiger partial charge in [0.05, 0.1) is 5.69 Å². The molecule has 4 nitrogen and oxygen atoms in total. The van der Waals surface area contributed by atoms with Gasteiger partial charge >= 0.3 is 0 Å². The number of likely N-dealkylation sites (N-methyl/N-ethyl adjacent to an activating group) is 1. The largest absolute Gasteiger partial charge is 0.346 e. The Bertz CT molecular complexity index is 445. The zero-order chi connectivity index (χ0) is 14.1. The quantitative estimate of drug-likeness (QED) is 0.903. The van der Waals surface area contributed by atoms with Gasteiger partial charge in [-0.05, 0) is 25.8 Å². The summed E-state index contributed by atoms with van der Waals surface area (Å²) in [5.41, 5.74) is 1.30. The summed E-state index contributed by atoms with van der Waals surface area (Å²) in [5, 5.41) is 4.87. The van der Waals surface area contributed by atoms with Crippen LogP contribution in [0.15, 0.2) is 0 Å². The predicted molar refractivity (Wildman–Crippen MR) is 85.8 cm³/mol. The van der Waals surface area contributed by atoms with Crippen molar-refractivity contribution in [3.05, 3.63) is 10.6 Å². The molecular formula is C15H26N4S. The predicted octanol–water partition coefficient (Wildman–Crippen LogP) is 2.27. The number of thiazole rings is 1. The third kappa shape index (κ3) is 3.32. The molecule has 1 aliphatic heterocycles. The Kier molecular flexibility index (Phi) is 4.29. The first-order valence-electron chi connectivity index (χ1n) is 7.80. The standard InChI is InChI=1S/C15H26N4S/c1-11(2)14-13(10-16-12-4-5-12)20-15(17-14)19-8-6-18(3)7-9-19/h11-12,16H,4-10H2,1-3H3. The monoisotopic (exact) mass is 294 g/mol. The van der Waals surface area contributed by atoms with Crippen molar-refractivity contribution in [1.29, 1.82) is 0 Å². The van der Waals surface area contributed by atoms with Crippen LogP contribution >= 0.6 is 11.3 Å². The highest BCUT2D eigenvalue weighted by Crippen LogP contribution is 2.32. The van der Waals surface area contributed by atoms with E-state index in [0.717, 1.165) is 38.8 Å². The second-order valence-electron chi connectivity index (χ2n) is 6.41. The fourth-order valence-electron chi connectivity index (χ4n) is 2.59. The van der Waals surface area contributed by atoms with Gasteiger partial charge in [-0.1, -0.05) is 13.8 Å². The molecule has 112 valence electrons. The van der Waals surface area contributed by atoms with E-state index in [1.165, 1.54) is 28.5 Å². The Morgan fingerprint density at radius 2 is 1.95 bits per heavy atom. The number of aromatic nitrogens is 1. The number of nitrogens with zero attached hydrogens (tertiary/aromatic N) is 3. The lowest BCUT2D eigenvalue weighted by Crippen LogP contribution is -2.44. The molecule has 1 aliphatic carbocycles. The smallest absolute Gasteiger partial charge is 0.185 e. The highest BCUT2D eigenvalue weighted by Gasteiger charge is 2.24. The summed E-state index contributed by atoms with van der Waals surface area (Å²) in [5.74, 6) is 0.517. The van der Waals surface area contributed by atoms with Crippen molar-refractivity contribution in [3.63, 3.8) is 0 Å². The van der Waals surface area contributed by atoms with Gasteiger partial charge < -0.3 is 15.1 Å². The number of hydrogen-bond acceptors (Lipinski definition) is 5. The Hall–Kier alpha value is -0.650. The number of anilines is 1. The lowest BCUT2D eigenvalue weighted by molar-refractivity contribution is 0.312. The summed E-state index contributed by atoms with van der Waals surface area (Å²) >= 11 is 1.90. The summed E-state index contributed by atoms with van der Waals surface area (Å²) in [6, 6.07) is 0.768. The summed E-state index contributed by atoms with van der Waals surface area (Å²) in [6.45, 7) is 10.0. The number of rotatable bonds is 5. The normalized spacial score (nSPS) is 20.9. The second kappa shape index (κ2) is 6.00. The van der Waals surface area contributed by atoms with Crippen molar-refractivity contribution in [2.45, 2.75) is 45.2 Å². The van der Waals surface area contributed by atoms with E-state index in [1.807, 2.05) is 11.3 Å². The topological polar surface area (TPSA) is 31.4 Å². The summed E-state index contributed by atoms with van der Waals surface area (Å²) in [4.78, 5) is 11.2. The lowest BCUT2D eigenvalue weighted by Gasteiger charge is -2.32. The fourth-order valence-corrected chi connectivity index (χ4v) is 3.80. The van der Waals surface area contributed by atoms with Crippen molar-refractivity contribution in [2.75, 3.05) is 38.1 Å². The van der Waals surface area contributed by atoms with Crippen molar-refractivity contribution >= 4 is 16.5 Å². The fraction of sp³-hybridized carbons (Fsp3) is 0.800. The van der Waals surface area contributed by atoms with Crippen LogP contribution in [0.2, 0.25) is 0 Å². The molecule has 0 amide bonds. The van der Waals surface area contributed by atoms with Gasteiger partial charge in [-0.2, -0.15) is 0 Å². The molecule has 0 unspecified atom stereocenters. The zero-order valence-electron chi connectivity index (χ0n) is 12.9. The molecule has 1 aromatic rings. The van der Waals surface area contributed by atoms with Crippen molar-refractivity contribution in [1.82, 2.24) is 15.2 Å². The molecule has 0 spiro atoms. The van der Waals surface area contributed by atoms with Gasteiger partial charge in [-0.25, -0.2) is 4.98 Å². The minimum atomic E-state index is 0.517. The maximum absolute atomic E-state index is 4.94. The highest BCUT2D eigenvalue weighted by molar-refractivity contribution is 7.15. The molecule has 1 aromatic heterocycles. The average molecular weight is 294 g/mol. The molecule has 0 atom stereocenters. The molecule has 2 fully saturated rings. The van der Waals surface area contributed by atoms with Gasteiger partial charge in [0, 0.05) is 43.6 Å². The van der Waals surface area contributed by atoms with Gasteiger partial charge in [0.15, 0.2) is 5.13 Å². The van der Waals surface area contributed by atoms with Gasteiger partial charge in [0.2, 0.25) is 0 Å². The van der Waals surface area contributed by atoms with E-state index >= 15 is 0 Å². The van der Waals surface area contributed by atoms with Crippen molar-refractivity contribution in [3.8, 4) is 0 Å². The Morgan fingerprint density at radius 3 is 2.55 bits per heavy atom. The van der Waals surface area contributed by atoms with E-state index in [9.17, 15) is 0 Å². The third-order valence-corrected chi connectivity index (χ3v) is 5.30. The second-order valence-corrected chi connectivity index (χ2v) is 7.47. The van der Waals surface area contributed by atoms with E-state index in [0.29, 0.717) is 5.92 Å². The van der Waals surface area contributed by atoms with Crippen LogP contribution in [-0.2, 0) is 6.54 Å². The molecule has 2 heterocycles. The number of nitrogens with one attached hydrogen (secondary N) is 1. The van der Waals surface area contributed by atoms with Crippen LogP contribution in [0.25, 0.3) is 0 Å². The minimum Gasteiger partial charge on any atom is -0.346 e. The molecule has 1 saturated heterocycles. The van der Waals surface area contributed by atoms with Gasteiger partial charge in [0.25, 0.3) is 0 Å². The van der Waals surface area contributed by atoms with Crippen LogP contribution in [0.1, 0.15) is 43.2 Å². The molecular weight excluding hydrogens is 268 g/mol. The summed E-state index contributed by atoms with van der Waals surface area (Å²) < 4.78 is 0. The van der Waals surface area contributed by atoms with E-state index in [4.69, 9.17) is 4.98 Å². The number of piperazine rings is 1. The Balaban J connectivity index is 1.71. The molecule has 0 bridgehead atoms. The first-order valence-corrected chi connectivity index (χ1v) is 8.61. The molecule has 0 radical (unpaired) electrons. The van der Waals surface area contributed by atoms with Crippen LogP contribution in [-0.4, -0.2) is 49.2 Å². The molecule has 5 heteroatoms. The van der Waals surface area contributed by atoms with Crippen LogP contribution < -0.4 is 10.2 Å². The van der Waals surface area contributed by atoms with Gasteiger partial charge in [-0.15, -0.1) is 11.3 Å². The first kappa shape index (κ1) is 14.3. The lowest BCUT2D eigenvalue weighted by atomic mass is 10.1. The molecule has 1 saturated carbocycles. The third-order valence-electron chi connectivity index (χ3n) is 4.17. The molecule has 3 rings (SSSR count). The van der Waals surface area contributed by atoms with Crippen LogP contribution in [0, 0.1) is 0 Å². The molecule has 2 aliphatic rings. The SMILES string of the molecule is CC(C)c1nc(N2CCN(C)CC2)sc1CNC1CC1. The minimum absolute atomic E-state index is 0.517. The molecule has 0 aromatic carbocycles. The first-order chi connectivity index (χ1) is 9.63. The van der Waals surface area contributed by atoms with E-state index in [2.05, 4.69) is 36.0 Å². The van der Waals surface area contributed by atoms with Crippen LogP contribution in [0.4, 0.5) is 5.13 Å². The summed E-state index contributed by atoms with van der Waals surface area (Å²) in [7, 11) is 2.20. The van der Waals surface area contributed by atoms with E-state index in [1.54, 1.807) is 0 Å². The van der Waals surface area contributed by atoms with Crippen molar-refractivity contribution in [2.24, 2.45) is 0 Å². The summed E-state index contributed by atoms with van der Waals surface area (Å²) in [6.07, 6.45) is 2.70. The molecule has 20 heavy (non-hydrogen) atoms. The highest BCUT2D eigenvalue weighted by atomic mass is 32.1. The average Bonchev–Trinajstić information content (AvgIpc) is 3.15. The van der Waals surface area contributed by atoms with Gasteiger partial charge in [-0.3, -0.25) is 0 Å². The van der Waals surface area contributed by atoms with E-state index in [-0.39, 0.29) is 0 Å². The van der Waals surface area contributed by atoms with Crippen LogP contribution in [0.5, 0.6) is 0 Å². The van der Waals surface area contributed by atoms with Gasteiger partial charge in [0.1, 0.15) is 0 Å². The maximum Gasteiger partial charge on any atom is 0.185 e. The van der Waals surface area contributed by atoms with Crippen LogP contribution in [0.3, 0.4) is 0 Å². The van der Waals surface area contributed by atoms with E-state index < -0.39 is 0 Å². The maximum atomic E-state index is 4.94. The van der Waals surface area contributed by atoms with Crippen molar-refractivity contribution < 1.29 is 0 Å².